The number of methoxy groups -OCH3 is 1. The van der Waals surface area contributed by atoms with Gasteiger partial charge in [-0.2, -0.15) is 0 Å². The van der Waals surface area contributed by atoms with Crippen molar-refractivity contribution in [3.05, 3.63) is 29.8 Å². The largest absolute Gasteiger partial charge is 0.383 e. The van der Waals surface area contributed by atoms with Gasteiger partial charge in [-0.05, 0) is 30.0 Å². The third kappa shape index (κ3) is 6.05. The Morgan fingerprint density at radius 2 is 2.04 bits per heavy atom. The van der Waals surface area contributed by atoms with Gasteiger partial charge in [0.1, 0.15) is 0 Å². The lowest BCUT2D eigenvalue weighted by molar-refractivity contribution is -0.128. The number of hydrogen-bond acceptors (Lipinski definition) is 3. The predicted molar refractivity (Wildman–Crippen MR) is 98.4 cm³/mol. The van der Waals surface area contributed by atoms with E-state index in [4.69, 9.17) is 4.74 Å². The molecule has 2 rings (SSSR count). The molecule has 1 fully saturated rings. The Balaban J connectivity index is 1.91. The van der Waals surface area contributed by atoms with Crippen LogP contribution in [-0.2, 0) is 16.1 Å². The SMILES string of the molecule is COCCN(CC(C)C)C(=O)Nc1ccc(CN2CCCC2=O)cc1. The lowest BCUT2D eigenvalue weighted by Crippen LogP contribution is -2.39. The average molecular weight is 347 g/mol. The highest BCUT2D eigenvalue weighted by Crippen LogP contribution is 2.16. The van der Waals surface area contributed by atoms with Crippen LogP contribution in [0.1, 0.15) is 32.3 Å². The maximum absolute atomic E-state index is 12.5. The fraction of sp³-hybridized carbons (Fsp3) is 0.579. The number of nitrogens with one attached hydrogen (secondary N) is 1. The number of hydrogen-bond donors (Lipinski definition) is 1. The van der Waals surface area contributed by atoms with E-state index in [1.807, 2.05) is 29.2 Å². The smallest absolute Gasteiger partial charge is 0.321 e. The molecule has 0 aliphatic carbocycles. The molecule has 1 saturated heterocycles. The molecule has 0 spiro atoms. The molecular weight excluding hydrogens is 318 g/mol. The summed E-state index contributed by atoms with van der Waals surface area (Å²) in [6.45, 7) is 7.41. The summed E-state index contributed by atoms with van der Waals surface area (Å²) in [6, 6.07) is 7.58. The van der Waals surface area contributed by atoms with Gasteiger partial charge in [0.05, 0.1) is 6.61 Å². The summed E-state index contributed by atoms with van der Waals surface area (Å²) < 4.78 is 5.09. The molecule has 0 unspecified atom stereocenters. The molecule has 1 aliphatic rings. The predicted octanol–water partition coefficient (Wildman–Crippen LogP) is 2.95. The molecular formula is C19H29N3O3. The minimum Gasteiger partial charge on any atom is -0.383 e. The van der Waals surface area contributed by atoms with Gasteiger partial charge >= 0.3 is 6.03 Å². The molecule has 3 amide bonds. The summed E-state index contributed by atoms with van der Waals surface area (Å²) in [7, 11) is 1.63. The number of anilines is 1. The Morgan fingerprint density at radius 3 is 2.60 bits per heavy atom. The maximum Gasteiger partial charge on any atom is 0.321 e. The molecule has 25 heavy (non-hydrogen) atoms. The Bertz CT molecular complexity index is 572. The van der Waals surface area contributed by atoms with E-state index in [-0.39, 0.29) is 11.9 Å². The summed E-state index contributed by atoms with van der Waals surface area (Å²) in [5.41, 5.74) is 1.83. The minimum absolute atomic E-state index is 0.117. The van der Waals surface area contributed by atoms with E-state index in [9.17, 15) is 9.59 Å². The van der Waals surface area contributed by atoms with Gasteiger partial charge in [-0.1, -0.05) is 26.0 Å². The van der Waals surface area contributed by atoms with Crippen LogP contribution in [0.5, 0.6) is 0 Å². The average Bonchev–Trinajstić information content (AvgIpc) is 2.98. The molecule has 1 aromatic rings. The molecule has 1 heterocycles. The maximum atomic E-state index is 12.5. The van der Waals surface area contributed by atoms with Crippen molar-refractivity contribution in [2.45, 2.75) is 33.2 Å². The van der Waals surface area contributed by atoms with Gasteiger partial charge in [-0.25, -0.2) is 4.79 Å². The topological polar surface area (TPSA) is 61.9 Å². The Morgan fingerprint density at radius 1 is 1.32 bits per heavy atom. The number of nitrogens with zero attached hydrogens (tertiary/aromatic N) is 2. The van der Waals surface area contributed by atoms with Crippen LogP contribution >= 0.6 is 0 Å². The second-order valence-electron chi connectivity index (χ2n) is 6.88. The van der Waals surface area contributed by atoms with Crippen molar-refractivity contribution in [3.63, 3.8) is 0 Å². The van der Waals surface area contributed by atoms with Crippen LogP contribution in [-0.4, -0.2) is 55.1 Å². The Hall–Kier alpha value is -2.08. The van der Waals surface area contributed by atoms with Crippen LogP contribution in [0.25, 0.3) is 0 Å². The van der Waals surface area contributed by atoms with E-state index in [0.717, 1.165) is 24.2 Å². The molecule has 0 saturated carbocycles. The lowest BCUT2D eigenvalue weighted by Gasteiger charge is -2.24. The molecule has 1 aliphatic heterocycles. The van der Waals surface area contributed by atoms with E-state index in [1.165, 1.54) is 0 Å². The molecule has 0 aromatic heterocycles. The van der Waals surface area contributed by atoms with Crippen molar-refractivity contribution >= 4 is 17.6 Å². The van der Waals surface area contributed by atoms with Crippen molar-refractivity contribution in [1.29, 1.82) is 0 Å². The number of amides is 3. The number of carbonyl (C=O) groups is 2. The second kappa shape index (κ2) is 9.42. The zero-order chi connectivity index (χ0) is 18.2. The first-order chi connectivity index (χ1) is 12.0. The van der Waals surface area contributed by atoms with E-state index >= 15 is 0 Å². The van der Waals surface area contributed by atoms with E-state index in [0.29, 0.717) is 38.6 Å². The number of urea groups is 1. The van der Waals surface area contributed by atoms with Gasteiger partial charge < -0.3 is 19.9 Å². The van der Waals surface area contributed by atoms with Gasteiger partial charge in [0, 0.05) is 45.4 Å². The third-order valence-electron chi connectivity index (χ3n) is 4.19. The molecule has 0 radical (unpaired) electrons. The summed E-state index contributed by atoms with van der Waals surface area (Å²) in [6.07, 6.45) is 1.60. The molecule has 1 N–H and O–H groups in total. The van der Waals surface area contributed by atoms with E-state index < -0.39 is 0 Å². The molecule has 138 valence electrons. The number of rotatable bonds is 8. The zero-order valence-corrected chi connectivity index (χ0v) is 15.5. The summed E-state index contributed by atoms with van der Waals surface area (Å²) in [4.78, 5) is 27.8. The lowest BCUT2D eigenvalue weighted by atomic mass is 10.2. The standard InChI is InChI=1S/C19H29N3O3/c1-15(2)13-22(11-12-25-3)19(24)20-17-8-6-16(7-9-17)14-21-10-4-5-18(21)23/h6-9,15H,4-5,10-14H2,1-3H3,(H,20,24). The molecule has 1 aromatic carbocycles. The fourth-order valence-corrected chi connectivity index (χ4v) is 2.91. The number of likely N-dealkylation sites (tertiary alicyclic amines) is 1. The van der Waals surface area contributed by atoms with Crippen LogP contribution in [0.4, 0.5) is 10.5 Å². The molecule has 0 bridgehead atoms. The first-order valence-electron chi connectivity index (χ1n) is 8.91. The van der Waals surface area contributed by atoms with Crippen LogP contribution in [0.2, 0.25) is 0 Å². The fourth-order valence-electron chi connectivity index (χ4n) is 2.91. The van der Waals surface area contributed by atoms with Crippen molar-refractivity contribution in [1.82, 2.24) is 9.80 Å². The van der Waals surface area contributed by atoms with Gasteiger partial charge in [0.15, 0.2) is 0 Å². The number of ether oxygens (including phenoxy) is 1. The van der Waals surface area contributed by atoms with Crippen molar-refractivity contribution in [2.24, 2.45) is 5.92 Å². The number of carbonyl (C=O) groups excluding carboxylic acids is 2. The zero-order valence-electron chi connectivity index (χ0n) is 15.5. The second-order valence-corrected chi connectivity index (χ2v) is 6.88. The van der Waals surface area contributed by atoms with Gasteiger partial charge in [0.2, 0.25) is 5.91 Å². The van der Waals surface area contributed by atoms with Crippen LogP contribution in [0.15, 0.2) is 24.3 Å². The molecule has 6 heteroatoms. The van der Waals surface area contributed by atoms with Crippen LogP contribution < -0.4 is 5.32 Å². The minimum atomic E-state index is -0.117. The quantitative estimate of drug-likeness (QED) is 0.786. The van der Waals surface area contributed by atoms with Crippen molar-refractivity contribution in [3.8, 4) is 0 Å². The normalized spacial score (nSPS) is 14.2. The van der Waals surface area contributed by atoms with E-state index in [2.05, 4.69) is 19.2 Å². The Labute approximate surface area is 150 Å². The Kier molecular flexibility index (Phi) is 7.25. The van der Waals surface area contributed by atoms with Gasteiger partial charge in [-0.3, -0.25) is 4.79 Å². The summed E-state index contributed by atoms with van der Waals surface area (Å²) in [5.74, 6) is 0.614. The van der Waals surface area contributed by atoms with Crippen LogP contribution in [0, 0.1) is 5.92 Å². The van der Waals surface area contributed by atoms with Crippen molar-refractivity contribution in [2.75, 3.05) is 38.7 Å². The monoisotopic (exact) mass is 347 g/mol. The summed E-state index contributed by atoms with van der Waals surface area (Å²) in [5, 5.41) is 2.94. The van der Waals surface area contributed by atoms with E-state index in [1.54, 1.807) is 12.0 Å². The number of benzene rings is 1. The van der Waals surface area contributed by atoms with Crippen molar-refractivity contribution < 1.29 is 14.3 Å². The first kappa shape index (κ1) is 19.2. The highest BCUT2D eigenvalue weighted by Gasteiger charge is 2.20. The highest BCUT2D eigenvalue weighted by atomic mass is 16.5. The molecule has 0 atom stereocenters. The summed E-state index contributed by atoms with van der Waals surface area (Å²) >= 11 is 0. The first-order valence-corrected chi connectivity index (χ1v) is 8.91. The third-order valence-corrected chi connectivity index (χ3v) is 4.19. The van der Waals surface area contributed by atoms with Gasteiger partial charge in [-0.15, -0.1) is 0 Å². The molecule has 6 nitrogen and oxygen atoms in total. The van der Waals surface area contributed by atoms with Crippen LogP contribution in [0.3, 0.4) is 0 Å². The van der Waals surface area contributed by atoms with Gasteiger partial charge in [0.25, 0.3) is 0 Å². The highest BCUT2D eigenvalue weighted by molar-refractivity contribution is 5.89.